The van der Waals surface area contributed by atoms with Gasteiger partial charge >= 0.3 is 7.60 Å². The van der Waals surface area contributed by atoms with Crippen molar-refractivity contribution in [1.29, 1.82) is 0 Å². The van der Waals surface area contributed by atoms with Crippen LogP contribution in [0.3, 0.4) is 0 Å². The van der Waals surface area contributed by atoms with E-state index in [0.29, 0.717) is 0 Å². The molecule has 5 heteroatoms. The van der Waals surface area contributed by atoms with E-state index in [9.17, 15) is 4.57 Å². The molecule has 0 aromatic heterocycles. The molecule has 1 aromatic rings. The van der Waals surface area contributed by atoms with Gasteiger partial charge in [0.1, 0.15) is 0 Å². The van der Waals surface area contributed by atoms with E-state index >= 15 is 0 Å². The van der Waals surface area contributed by atoms with Crippen LogP contribution < -0.4 is 4.90 Å². The summed E-state index contributed by atoms with van der Waals surface area (Å²) < 4.78 is 21.1. The van der Waals surface area contributed by atoms with Gasteiger partial charge in [-0.15, -0.1) is 0 Å². The Bertz CT molecular complexity index is 428. The first kappa shape index (κ1) is 12.8. The Hall–Kier alpha value is -1.27. The minimum absolute atomic E-state index is 0.911. The van der Waals surface area contributed by atoms with Gasteiger partial charge in [-0.1, -0.05) is 18.2 Å². The topological polar surface area (TPSA) is 38.8 Å². The van der Waals surface area contributed by atoms with Crippen molar-refractivity contribution >= 4 is 13.3 Å². The van der Waals surface area contributed by atoms with Crippen molar-refractivity contribution in [3.8, 4) is 11.7 Å². The van der Waals surface area contributed by atoms with Crippen LogP contribution in [0.4, 0.5) is 5.69 Å². The molecule has 0 aliphatic heterocycles. The van der Waals surface area contributed by atoms with Gasteiger partial charge in [-0.05, 0) is 12.1 Å². The highest BCUT2D eigenvalue weighted by atomic mass is 31.2. The molecule has 1 rings (SSSR count). The van der Waals surface area contributed by atoms with Crippen LogP contribution in [0, 0.1) is 11.7 Å². The lowest BCUT2D eigenvalue weighted by atomic mass is 10.3. The van der Waals surface area contributed by atoms with Gasteiger partial charge in [0.25, 0.3) is 0 Å². The summed E-state index contributed by atoms with van der Waals surface area (Å²) in [5.41, 5.74) is 3.39. The molecule has 0 bridgehead atoms. The van der Waals surface area contributed by atoms with Crippen molar-refractivity contribution in [3.05, 3.63) is 30.3 Å². The lowest BCUT2D eigenvalue weighted by Crippen LogP contribution is -2.08. The minimum Gasteiger partial charge on any atom is -0.304 e. The average molecular weight is 239 g/mol. The number of anilines is 1. The van der Waals surface area contributed by atoms with Crippen molar-refractivity contribution in [2.24, 2.45) is 0 Å². The van der Waals surface area contributed by atoms with Crippen LogP contribution >= 0.6 is 7.60 Å². The molecule has 4 nitrogen and oxygen atoms in total. The van der Waals surface area contributed by atoms with Gasteiger partial charge < -0.3 is 13.9 Å². The summed E-state index contributed by atoms with van der Waals surface area (Å²) >= 11 is 0. The van der Waals surface area contributed by atoms with Crippen LogP contribution in [-0.4, -0.2) is 21.3 Å². The summed E-state index contributed by atoms with van der Waals surface area (Å²) in [5.74, 6) is 0. The maximum Gasteiger partial charge on any atom is 0.406 e. The molecule has 0 N–H and O–H groups in total. The van der Waals surface area contributed by atoms with Crippen molar-refractivity contribution in [1.82, 2.24) is 0 Å². The molecule has 0 atom stereocenters. The molecular weight excluding hydrogens is 225 g/mol. The summed E-state index contributed by atoms with van der Waals surface area (Å²) in [7, 11) is 1.13. The number of para-hydroxylation sites is 1. The molecule has 0 amide bonds. The Morgan fingerprint density at radius 2 is 1.75 bits per heavy atom. The third-order valence-electron chi connectivity index (χ3n) is 1.98. The Balaban J connectivity index is 2.83. The normalized spacial score (nSPS) is 10.4. The monoisotopic (exact) mass is 239 g/mol. The number of benzene rings is 1. The molecule has 1 aromatic carbocycles. The first-order chi connectivity index (χ1) is 7.61. The van der Waals surface area contributed by atoms with E-state index in [4.69, 9.17) is 9.05 Å². The fourth-order valence-electron chi connectivity index (χ4n) is 1.02. The summed E-state index contributed by atoms with van der Waals surface area (Å²) in [6, 6.07) is 12.2. The first-order valence-electron chi connectivity index (χ1n) is 4.64. The Morgan fingerprint density at radius 1 is 1.19 bits per heavy atom. The number of rotatable bonds is 3. The minimum atomic E-state index is -3.26. The first-order valence-corrected chi connectivity index (χ1v) is 6.19. The molecule has 0 unspecified atom stereocenters. The van der Waals surface area contributed by atoms with Crippen LogP contribution in [0.2, 0.25) is 0 Å². The number of nitrogens with zero attached hydrogens (tertiary/aromatic N) is 1. The largest absolute Gasteiger partial charge is 0.406 e. The Labute approximate surface area is 95.7 Å². The molecule has 0 saturated carbocycles. The molecule has 0 fully saturated rings. The zero-order valence-corrected chi connectivity index (χ0v) is 10.4. The molecule has 16 heavy (non-hydrogen) atoms. The third-order valence-corrected chi connectivity index (χ3v) is 3.31. The standard InChI is InChI=1S/C11H14NO3P/c1-12(11-7-5-4-6-8-11)9-10-16(13,14-2)15-3/h4-8H,1-3H3. The van der Waals surface area contributed by atoms with Gasteiger partial charge in [-0.3, -0.25) is 0 Å². The van der Waals surface area contributed by atoms with Crippen LogP contribution in [0.5, 0.6) is 0 Å². The fraction of sp³-hybridized carbons (Fsp3) is 0.273. The van der Waals surface area contributed by atoms with Crippen molar-refractivity contribution in [2.45, 2.75) is 0 Å². The smallest absolute Gasteiger partial charge is 0.304 e. The lowest BCUT2D eigenvalue weighted by Gasteiger charge is -2.11. The Kier molecular flexibility index (Phi) is 4.57. The highest BCUT2D eigenvalue weighted by Crippen LogP contribution is 2.44. The number of hydrogen-bond acceptors (Lipinski definition) is 4. The van der Waals surface area contributed by atoms with Crippen LogP contribution in [0.25, 0.3) is 0 Å². The van der Waals surface area contributed by atoms with E-state index in [1.54, 1.807) is 11.9 Å². The maximum atomic E-state index is 11.6. The zero-order chi connectivity index (χ0) is 12.0. The van der Waals surface area contributed by atoms with Gasteiger partial charge in [0.05, 0.1) is 0 Å². The zero-order valence-electron chi connectivity index (χ0n) is 9.51. The molecular formula is C11H14NO3P. The van der Waals surface area contributed by atoms with Crippen LogP contribution in [-0.2, 0) is 13.6 Å². The van der Waals surface area contributed by atoms with Crippen molar-refractivity contribution < 1.29 is 13.6 Å². The van der Waals surface area contributed by atoms with Gasteiger partial charge in [0.15, 0.2) is 0 Å². The highest BCUT2D eigenvalue weighted by molar-refractivity contribution is 7.59. The predicted molar refractivity (Wildman–Crippen MR) is 64.2 cm³/mol. The summed E-state index contributed by atoms with van der Waals surface area (Å²) in [4.78, 5) is 1.66. The van der Waals surface area contributed by atoms with Gasteiger partial charge in [0, 0.05) is 38.7 Å². The van der Waals surface area contributed by atoms with Crippen LogP contribution in [0.1, 0.15) is 0 Å². The second-order valence-electron chi connectivity index (χ2n) is 2.98. The van der Waals surface area contributed by atoms with E-state index in [1.165, 1.54) is 14.2 Å². The SMILES string of the molecule is COP(=O)(C#CN(C)c1ccccc1)OC. The van der Waals surface area contributed by atoms with Gasteiger partial charge in [0.2, 0.25) is 0 Å². The van der Waals surface area contributed by atoms with E-state index in [2.05, 4.69) is 11.7 Å². The van der Waals surface area contributed by atoms with Crippen LogP contribution in [0.15, 0.2) is 30.3 Å². The molecule has 0 saturated heterocycles. The second-order valence-corrected chi connectivity index (χ2v) is 4.93. The van der Waals surface area contributed by atoms with E-state index < -0.39 is 7.60 Å². The molecule has 0 radical (unpaired) electrons. The van der Waals surface area contributed by atoms with E-state index in [0.717, 1.165) is 5.69 Å². The number of hydrogen-bond donors (Lipinski definition) is 0. The van der Waals surface area contributed by atoms with Crippen molar-refractivity contribution in [2.75, 3.05) is 26.2 Å². The summed E-state index contributed by atoms with van der Waals surface area (Å²) in [5, 5.41) is 0. The summed E-state index contributed by atoms with van der Waals surface area (Å²) in [6.07, 6.45) is 0. The predicted octanol–water partition coefficient (Wildman–Crippen LogP) is 2.53. The third kappa shape index (κ3) is 3.39. The molecule has 0 spiro atoms. The molecule has 0 aliphatic carbocycles. The second kappa shape index (κ2) is 5.72. The average Bonchev–Trinajstić information content (AvgIpc) is 2.36. The molecule has 0 aliphatic rings. The van der Waals surface area contributed by atoms with E-state index in [-0.39, 0.29) is 0 Å². The molecule has 86 valence electrons. The van der Waals surface area contributed by atoms with E-state index in [1.807, 2.05) is 30.3 Å². The maximum absolute atomic E-state index is 11.6. The van der Waals surface area contributed by atoms with Gasteiger partial charge in [-0.2, -0.15) is 0 Å². The highest BCUT2D eigenvalue weighted by Gasteiger charge is 2.16. The summed E-state index contributed by atoms with van der Waals surface area (Å²) in [6.45, 7) is 0. The van der Waals surface area contributed by atoms with Crippen molar-refractivity contribution in [3.63, 3.8) is 0 Å². The molecule has 0 heterocycles. The van der Waals surface area contributed by atoms with Gasteiger partial charge in [-0.25, -0.2) is 4.57 Å². The Morgan fingerprint density at radius 3 is 2.25 bits per heavy atom. The fourth-order valence-corrected chi connectivity index (χ4v) is 1.62. The lowest BCUT2D eigenvalue weighted by molar-refractivity contribution is 0.288. The quantitative estimate of drug-likeness (QED) is 0.461.